The first-order valence-corrected chi connectivity index (χ1v) is 13.4. The third kappa shape index (κ3) is 7.60. The van der Waals surface area contributed by atoms with E-state index in [1.807, 2.05) is 119 Å². The minimum Gasteiger partial charge on any atom is -0.445 e. The molecule has 1 N–H and O–H groups in total. The molecule has 206 valence electrons. The van der Waals surface area contributed by atoms with Crippen LogP contribution in [0.5, 0.6) is 0 Å². The number of likely N-dealkylation sites (tertiary alicyclic amines) is 1. The smallest absolute Gasteiger partial charge is 0.410 e. The van der Waals surface area contributed by atoms with Gasteiger partial charge in [0, 0.05) is 12.0 Å². The van der Waals surface area contributed by atoms with Crippen molar-refractivity contribution in [2.45, 2.75) is 64.6 Å². The Balaban J connectivity index is 1.61. The Labute approximate surface area is 231 Å². The highest BCUT2D eigenvalue weighted by molar-refractivity contribution is 5.72. The summed E-state index contributed by atoms with van der Waals surface area (Å²) in [6, 6.07) is 28.0. The summed E-state index contributed by atoms with van der Waals surface area (Å²) in [5.74, 6) is -0.212. The average molecular weight is 531 g/mol. The van der Waals surface area contributed by atoms with Crippen molar-refractivity contribution in [3.63, 3.8) is 0 Å². The molecule has 1 fully saturated rings. The Bertz CT molecular complexity index is 1200. The molecule has 3 aromatic carbocycles. The number of carbonyl (C=O) groups excluding carboxylic acids is 2. The van der Waals surface area contributed by atoms with E-state index in [2.05, 4.69) is 5.32 Å². The molecule has 1 heterocycles. The molecule has 3 aromatic rings. The second kappa shape index (κ2) is 12.8. The van der Waals surface area contributed by atoms with E-state index in [0.29, 0.717) is 13.2 Å². The van der Waals surface area contributed by atoms with E-state index in [1.165, 1.54) is 0 Å². The minimum atomic E-state index is -0.663. The van der Waals surface area contributed by atoms with Crippen LogP contribution in [-0.2, 0) is 27.4 Å². The van der Waals surface area contributed by atoms with Crippen molar-refractivity contribution in [1.29, 1.82) is 0 Å². The first kappa shape index (κ1) is 28.2. The maximum absolute atomic E-state index is 13.6. The molecule has 3 unspecified atom stereocenters. The van der Waals surface area contributed by atoms with Crippen LogP contribution in [-0.4, -0.2) is 41.4 Å². The Hall–Kier alpha value is -3.84. The van der Waals surface area contributed by atoms with Gasteiger partial charge in [-0.15, -0.1) is 0 Å². The van der Waals surface area contributed by atoms with Crippen LogP contribution < -0.4 is 5.32 Å². The molecule has 1 aliphatic rings. The van der Waals surface area contributed by atoms with E-state index in [9.17, 15) is 9.59 Å². The van der Waals surface area contributed by atoms with Crippen molar-refractivity contribution in [1.82, 2.24) is 10.2 Å². The molecule has 0 aliphatic carbocycles. The molecular formula is C32H38N2O5. The van der Waals surface area contributed by atoms with Crippen molar-refractivity contribution >= 4 is 12.2 Å². The number of hydrogen-bond acceptors (Lipinski definition) is 5. The Kier molecular flexibility index (Phi) is 9.25. The molecule has 0 aromatic heterocycles. The molecule has 7 nitrogen and oxygen atoms in total. The predicted molar refractivity (Wildman–Crippen MR) is 150 cm³/mol. The molecule has 1 saturated heterocycles. The van der Waals surface area contributed by atoms with E-state index in [4.69, 9.17) is 14.2 Å². The second-order valence-corrected chi connectivity index (χ2v) is 10.9. The van der Waals surface area contributed by atoms with Crippen molar-refractivity contribution in [2.75, 3.05) is 6.61 Å². The Morgan fingerprint density at radius 1 is 0.821 bits per heavy atom. The van der Waals surface area contributed by atoms with Gasteiger partial charge >= 0.3 is 12.2 Å². The zero-order valence-corrected chi connectivity index (χ0v) is 23.1. The van der Waals surface area contributed by atoms with Crippen LogP contribution in [0.1, 0.15) is 50.4 Å². The third-order valence-electron chi connectivity index (χ3n) is 6.82. The SMILES string of the molecule is CC1C(COCc2ccccc2)[C@H](NC(=O)OC(C)(C)C)C(c2ccccc2)N1C(=O)OCc1ccccc1. The number of nitrogens with one attached hydrogen (secondary N) is 1. The van der Waals surface area contributed by atoms with Crippen molar-refractivity contribution < 1.29 is 23.8 Å². The lowest BCUT2D eigenvalue weighted by Gasteiger charge is -2.30. The Morgan fingerprint density at radius 3 is 1.92 bits per heavy atom. The van der Waals surface area contributed by atoms with Crippen LogP contribution in [0.3, 0.4) is 0 Å². The lowest BCUT2D eigenvalue weighted by Crippen LogP contribution is -2.46. The van der Waals surface area contributed by atoms with E-state index in [-0.39, 0.29) is 18.6 Å². The summed E-state index contributed by atoms with van der Waals surface area (Å²) < 4.78 is 17.6. The fourth-order valence-electron chi connectivity index (χ4n) is 5.02. The number of alkyl carbamates (subject to hydrolysis) is 1. The fourth-order valence-corrected chi connectivity index (χ4v) is 5.02. The predicted octanol–water partition coefficient (Wildman–Crippen LogP) is 6.49. The van der Waals surface area contributed by atoms with Gasteiger partial charge in [0.2, 0.25) is 0 Å². The van der Waals surface area contributed by atoms with Gasteiger partial charge in [0.1, 0.15) is 12.2 Å². The number of hydrogen-bond donors (Lipinski definition) is 1. The highest BCUT2D eigenvalue weighted by Crippen LogP contribution is 2.41. The topological polar surface area (TPSA) is 77.1 Å². The monoisotopic (exact) mass is 530 g/mol. The highest BCUT2D eigenvalue weighted by Gasteiger charge is 2.51. The van der Waals surface area contributed by atoms with Gasteiger partial charge in [-0.3, -0.25) is 4.90 Å². The summed E-state index contributed by atoms with van der Waals surface area (Å²) in [7, 11) is 0. The van der Waals surface area contributed by atoms with Gasteiger partial charge in [-0.2, -0.15) is 0 Å². The van der Waals surface area contributed by atoms with E-state index in [1.54, 1.807) is 4.90 Å². The fraction of sp³-hybridized carbons (Fsp3) is 0.375. The first-order valence-electron chi connectivity index (χ1n) is 13.4. The van der Waals surface area contributed by atoms with Gasteiger partial charge in [0.25, 0.3) is 0 Å². The van der Waals surface area contributed by atoms with Crippen LogP contribution in [0.15, 0.2) is 91.0 Å². The number of amides is 2. The number of nitrogens with zero attached hydrogens (tertiary/aromatic N) is 1. The first-order chi connectivity index (χ1) is 18.7. The zero-order valence-electron chi connectivity index (χ0n) is 23.1. The molecule has 1 aliphatic heterocycles. The quantitative estimate of drug-likeness (QED) is 0.360. The zero-order chi connectivity index (χ0) is 27.8. The molecule has 0 spiro atoms. The number of carbonyl (C=O) groups is 2. The van der Waals surface area contributed by atoms with Crippen LogP contribution in [0, 0.1) is 5.92 Å². The summed E-state index contributed by atoms with van der Waals surface area (Å²) >= 11 is 0. The summed E-state index contributed by atoms with van der Waals surface area (Å²) in [5, 5.41) is 3.08. The van der Waals surface area contributed by atoms with Crippen LogP contribution >= 0.6 is 0 Å². The molecule has 0 bridgehead atoms. The molecule has 4 atom stereocenters. The third-order valence-corrected chi connectivity index (χ3v) is 6.82. The lowest BCUT2D eigenvalue weighted by molar-refractivity contribution is 0.0424. The van der Waals surface area contributed by atoms with Crippen LogP contribution in [0.4, 0.5) is 9.59 Å². The number of ether oxygens (including phenoxy) is 3. The van der Waals surface area contributed by atoms with Crippen molar-refractivity contribution in [3.05, 3.63) is 108 Å². The number of benzene rings is 3. The molecule has 39 heavy (non-hydrogen) atoms. The largest absolute Gasteiger partial charge is 0.445 e. The van der Waals surface area contributed by atoms with Crippen LogP contribution in [0.2, 0.25) is 0 Å². The van der Waals surface area contributed by atoms with Gasteiger partial charge in [0.15, 0.2) is 0 Å². The molecule has 7 heteroatoms. The normalized spacial score (nSPS) is 20.9. The minimum absolute atomic E-state index is 0.156. The molecular weight excluding hydrogens is 492 g/mol. The summed E-state index contributed by atoms with van der Waals surface area (Å²) in [5.41, 5.74) is 2.19. The van der Waals surface area contributed by atoms with E-state index >= 15 is 0 Å². The number of rotatable bonds is 8. The van der Waals surface area contributed by atoms with Crippen LogP contribution in [0.25, 0.3) is 0 Å². The second-order valence-electron chi connectivity index (χ2n) is 10.9. The highest BCUT2D eigenvalue weighted by atomic mass is 16.6. The standard InChI is InChI=1S/C32H38N2O5/c1-23-27(22-37-20-24-14-8-5-9-15-24)28(33-30(35)39-32(2,3)4)29(26-18-12-7-13-19-26)34(23)31(36)38-21-25-16-10-6-11-17-25/h5-19,23,27-29H,20-22H2,1-4H3,(H,33,35)/t23?,27?,28-,29?/m0/s1. The average Bonchev–Trinajstić information content (AvgIpc) is 3.18. The van der Waals surface area contributed by atoms with E-state index in [0.717, 1.165) is 16.7 Å². The van der Waals surface area contributed by atoms with Gasteiger partial charge in [-0.1, -0.05) is 91.0 Å². The van der Waals surface area contributed by atoms with Gasteiger partial charge in [-0.25, -0.2) is 9.59 Å². The molecule has 0 saturated carbocycles. The molecule has 0 radical (unpaired) electrons. The van der Waals surface area contributed by atoms with E-state index < -0.39 is 29.9 Å². The lowest BCUT2D eigenvalue weighted by atomic mass is 9.92. The van der Waals surface area contributed by atoms with Gasteiger partial charge in [0.05, 0.1) is 25.3 Å². The maximum atomic E-state index is 13.6. The molecule has 4 rings (SSSR count). The molecule has 2 amide bonds. The van der Waals surface area contributed by atoms with Crippen molar-refractivity contribution in [2.24, 2.45) is 5.92 Å². The Morgan fingerprint density at radius 2 is 1.36 bits per heavy atom. The van der Waals surface area contributed by atoms with Gasteiger partial charge < -0.3 is 19.5 Å². The summed E-state index contributed by atoms with van der Waals surface area (Å²) in [6.45, 7) is 8.38. The summed E-state index contributed by atoms with van der Waals surface area (Å²) in [6.07, 6.45) is -0.977. The van der Waals surface area contributed by atoms with Gasteiger partial charge in [-0.05, 0) is 44.4 Å². The summed E-state index contributed by atoms with van der Waals surface area (Å²) in [4.78, 5) is 28.4. The van der Waals surface area contributed by atoms with Crippen molar-refractivity contribution in [3.8, 4) is 0 Å². The maximum Gasteiger partial charge on any atom is 0.410 e.